The van der Waals surface area contributed by atoms with Crippen LogP contribution < -0.4 is 0 Å². The predicted molar refractivity (Wildman–Crippen MR) is 82.3 cm³/mol. The summed E-state index contributed by atoms with van der Waals surface area (Å²) < 4.78 is 9.96. The van der Waals surface area contributed by atoms with Gasteiger partial charge in [-0.05, 0) is 27.2 Å². The van der Waals surface area contributed by atoms with Crippen LogP contribution in [0.4, 0.5) is 4.79 Å². The highest BCUT2D eigenvalue weighted by Crippen LogP contribution is 2.07. The second-order valence-electron chi connectivity index (χ2n) is 5.13. The maximum absolute atomic E-state index is 12.3. The molecule has 0 aliphatic carbocycles. The van der Waals surface area contributed by atoms with Crippen molar-refractivity contribution in [3.8, 4) is 0 Å². The van der Waals surface area contributed by atoms with Gasteiger partial charge < -0.3 is 14.4 Å². The Bertz CT molecular complexity index is 386. The summed E-state index contributed by atoms with van der Waals surface area (Å²) in [4.78, 5) is 38.3. The van der Waals surface area contributed by atoms with Crippen molar-refractivity contribution in [2.45, 2.75) is 52.6 Å². The maximum atomic E-state index is 12.3. The first-order valence-corrected chi connectivity index (χ1v) is 7.60. The number of carbonyl (C=O) groups excluding carboxylic acids is 3. The van der Waals surface area contributed by atoms with Gasteiger partial charge in [-0.1, -0.05) is 13.3 Å². The Morgan fingerprint density at radius 3 is 2.05 bits per heavy atom. The van der Waals surface area contributed by atoms with Crippen molar-refractivity contribution in [1.82, 2.24) is 9.80 Å². The Morgan fingerprint density at radius 2 is 1.55 bits per heavy atom. The normalized spacial score (nSPS) is 13.0. The van der Waals surface area contributed by atoms with Gasteiger partial charge in [0, 0.05) is 14.1 Å². The largest absolute Gasteiger partial charge is 0.464 e. The summed E-state index contributed by atoms with van der Waals surface area (Å²) in [6.07, 6.45) is 1.14. The molecule has 0 bridgehead atoms. The molecular formula is C15H28N2O5. The lowest BCUT2D eigenvalue weighted by atomic mass is 10.2. The van der Waals surface area contributed by atoms with E-state index < -0.39 is 24.1 Å². The van der Waals surface area contributed by atoms with E-state index in [2.05, 4.69) is 0 Å². The highest BCUT2D eigenvalue weighted by molar-refractivity contribution is 5.89. The minimum atomic E-state index is -0.727. The van der Waals surface area contributed by atoms with E-state index in [0.29, 0.717) is 6.61 Å². The fraction of sp³-hybridized carbons (Fsp3) is 0.800. The minimum Gasteiger partial charge on any atom is -0.464 e. The van der Waals surface area contributed by atoms with Crippen molar-refractivity contribution in [3.05, 3.63) is 0 Å². The number of unbranched alkanes of at least 4 members (excludes halogenated alkanes) is 1. The molecule has 0 aromatic heterocycles. The van der Waals surface area contributed by atoms with E-state index in [9.17, 15) is 14.4 Å². The van der Waals surface area contributed by atoms with E-state index in [-0.39, 0.29) is 12.5 Å². The van der Waals surface area contributed by atoms with E-state index in [4.69, 9.17) is 9.47 Å². The second-order valence-corrected chi connectivity index (χ2v) is 5.13. The zero-order chi connectivity index (χ0) is 17.3. The smallest absolute Gasteiger partial charge is 0.410 e. The van der Waals surface area contributed by atoms with Crippen LogP contribution in [0.15, 0.2) is 0 Å². The summed E-state index contributed by atoms with van der Waals surface area (Å²) in [5.74, 6) is -0.800. The van der Waals surface area contributed by atoms with Crippen molar-refractivity contribution < 1.29 is 23.9 Å². The number of rotatable bonds is 8. The molecule has 0 aliphatic rings. The van der Waals surface area contributed by atoms with Crippen LogP contribution in [0.3, 0.4) is 0 Å². The van der Waals surface area contributed by atoms with Crippen LogP contribution in [0, 0.1) is 0 Å². The van der Waals surface area contributed by atoms with E-state index in [1.165, 1.54) is 23.9 Å². The van der Waals surface area contributed by atoms with Crippen LogP contribution in [0.5, 0.6) is 0 Å². The summed E-state index contributed by atoms with van der Waals surface area (Å²) in [5, 5.41) is 0. The van der Waals surface area contributed by atoms with Gasteiger partial charge in [-0.2, -0.15) is 0 Å². The number of amides is 2. The first-order chi connectivity index (χ1) is 10.3. The van der Waals surface area contributed by atoms with Crippen molar-refractivity contribution in [2.75, 3.05) is 27.3 Å². The Labute approximate surface area is 132 Å². The Hall–Kier alpha value is -1.79. The van der Waals surface area contributed by atoms with Gasteiger partial charge in [0.2, 0.25) is 5.91 Å². The number of hydrogen-bond donors (Lipinski definition) is 0. The zero-order valence-electron chi connectivity index (χ0n) is 14.4. The van der Waals surface area contributed by atoms with Gasteiger partial charge in [0.25, 0.3) is 0 Å². The van der Waals surface area contributed by atoms with Crippen molar-refractivity contribution in [2.24, 2.45) is 0 Å². The number of ether oxygens (including phenoxy) is 2. The molecule has 0 radical (unpaired) electrons. The summed E-state index contributed by atoms with van der Waals surface area (Å²) in [5.41, 5.74) is 0. The molecule has 0 aromatic rings. The molecule has 2 amide bonds. The van der Waals surface area contributed by atoms with Crippen LogP contribution in [0.25, 0.3) is 0 Å². The molecule has 22 heavy (non-hydrogen) atoms. The molecule has 0 aliphatic heterocycles. The molecular weight excluding hydrogens is 288 g/mol. The van der Waals surface area contributed by atoms with E-state index in [0.717, 1.165) is 12.8 Å². The average Bonchev–Trinajstić information content (AvgIpc) is 2.51. The Kier molecular flexibility index (Phi) is 9.21. The summed E-state index contributed by atoms with van der Waals surface area (Å²) in [7, 11) is 3.00. The zero-order valence-corrected chi connectivity index (χ0v) is 14.4. The highest BCUT2D eigenvalue weighted by Gasteiger charge is 2.31. The summed E-state index contributed by atoms with van der Waals surface area (Å²) in [6.45, 7) is 7.47. The van der Waals surface area contributed by atoms with E-state index >= 15 is 0 Å². The molecule has 2 atom stereocenters. The van der Waals surface area contributed by atoms with Gasteiger partial charge in [0.05, 0.1) is 13.2 Å². The number of carbonyl (C=O) groups is 3. The standard InChI is InChI=1S/C15H28N2O5/c1-7-9-10-22-14(19)12(4)16(5)13(18)11(3)17(6)15(20)21-8-2/h11-12H,7-10H2,1-6H3. The van der Waals surface area contributed by atoms with Crippen LogP contribution in [0.1, 0.15) is 40.5 Å². The number of hydrogen-bond acceptors (Lipinski definition) is 5. The molecule has 0 heterocycles. The predicted octanol–water partition coefficient (Wildman–Crippen LogP) is 1.65. The van der Waals surface area contributed by atoms with Crippen LogP contribution in [-0.2, 0) is 19.1 Å². The van der Waals surface area contributed by atoms with Crippen molar-refractivity contribution >= 4 is 18.0 Å². The van der Waals surface area contributed by atoms with Gasteiger partial charge in [0.15, 0.2) is 0 Å². The molecule has 0 fully saturated rings. The average molecular weight is 316 g/mol. The lowest BCUT2D eigenvalue weighted by Crippen LogP contribution is -2.51. The van der Waals surface area contributed by atoms with Crippen LogP contribution >= 0.6 is 0 Å². The lowest BCUT2D eigenvalue weighted by molar-refractivity contribution is -0.154. The molecule has 0 rings (SSSR count). The van der Waals surface area contributed by atoms with Crippen molar-refractivity contribution in [3.63, 3.8) is 0 Å². The number of nitrogens with zero attached hydrogens (tertiary/aromatic N) is 2. The van der Waals surface area contributed by atoms with Crippen LogP contribution in [-0.4, -0.2) is 67.2 Å². The van der Waals surface area contributed by atoms with Gasteiger partial charge in [-0.3, -0.25) is 9.69 Å². The monoisotopic (exact) mass is 316 g/mol. The highest BCUT2D eigenvalue weighted by atomic mass is 16.6. The van der Waals surface area contributed by atoms with Crippen LogP contribution in [0.2, 0.25) is 0 Å². The summed E-state index contributed by atoms with van der Waals surface area (Å²) >= 11 is 0. The molecule has 0 spiro atoms. The quantitative estimate of drug-likeness (QED) is 0.503. The van der Waals surface area contributed by atoms with E-state index in [1.807, 2.05) is 6.92 Å². The maximum Gasteiger partial charge on any atom is 0.410 e. The Morgan fingerprint density at radius 1 is 0.955 bits per heavy atom. The first kappa shape index (κ1) is 20.2. The van der Waals surface area contributed by atoms with Crippen molar-refractivity contribution in [1.29, 1.82) is 0 Å². The molecule has 0 saturated heterocycles. The third-order valence-corrected chi connectivity index (χ3v) is 3.51. The van der Waals surface area contributed by atoms with E-state index in [1.54, 1.807) is 20.8 Å². The molecule has 2 unspecified atom stereocenters. The van der Waals surface area contributed by atoms with Gasteiger partial charge in [-0.15, -0.1) is 0 Å². The molecule has 7 nitrogen and oxygen atoms in total. The third kappa shape index (κ3) is 5.91. The van der Waals surface area contributed by atoms with Gasteiger partial charge in [-0.25, -0.2) is 9.59 Å². The SMILES string of the molecule is CCCCOC(=O)C(C)N(C)C(=O)C(C)N(C)C(=O)OCC. The fourth-order valence-corrected chi connectivity index (χ4v) is 1.63. The minimum absolute atomic E-state index is 0.236. The molecule has 0 aromatic carbocycles. The van der Waals surface area contributed by atoms with Gasteiger partial charge >= 0.3 is 12.1 Å². The molecule has 7 heteroatoms. The second kappa shape index (κ2) is 10.0. The topological polar surface area (TPSA) is 76.2 Å². The fourth-order valence-electron chi connectivity index (χ4n) is 1.63. The lowest BCUT2D eigenvalue weighted by Gasteiger charge is -2.30. The molecule has 0 N–H and O–H groups in total. The summed E-state index contributed by atoms with van der Waals surface area (Å²) in [6, 6.07) is -1.43. The number of likely N-dealkylation sites (N-methyl/N-ethyl adjacent to an activating group) is 2. The third-order valence-electron chi connectivity index (χ3n) is 3.51. The van der Waals surface area contributed by atoms with Gasteiger partial charge in [0.1, 0.15) is 12.1 Å². The molecule has 0 saturated carbocycles. The molecule has 128 valence electrons. The Balaban J connectivity index is 4.62. The number of esters is 1. The first-order valence-electron chi connectivity index (χ1n) is 7.60.